The first kappa shape index (κ1) is 18.2. The van der Waals surface area contributed by atoms with E-state index >= 15 is 0 Å². The van der Waals surface area contributed by atoms with Crippen LogP contribution in [0.3, 0.4) is 0 Å². The van der Waals surface area contributed by atoms with Crippen LogP contribution in [0.4, 0.5) is 15.8 Å². The Morgan fingerprint density at radius 1 is 1.04 bits per heavy atom. The lowest BCUT2D eigenvalue weighted by Gasteiger charge is -2.20. The lowest BCUT2D eigenvalue weighted by Crippen LogP contribution is -2.26. The van der Waals surface area contributed by atoms with E-state index in [0.717, 1.165) is 22.7 Å². The summed E-state index contributed by atoms with van der Waals surface area (Å²) in [5.41, 5.74) is 0.481. The van der Waals surface area contributed by atoms with Crippen molar-refractivity contribution in [2.75, 3.05) is 22.3 Å². The van der Waals surface area contributed by atoms with Crippen LogP contribution in [-0.4, -0.2) is 30.1 Å². The average molecular weight is 372 g/mol. The molecule has 2 aromatic carbocycles. The highest BCUT2D eigenvalue weighted by Crippen LogP contribution is 2.28. The highest BCUT2D eigenvalue weighted by Gasteiger charge is 2.20. The van der Waals surface area contributed by atoms with E-state index in [4.69, 9.17) is 0 Å². The molecule has 0 saturated carbocycles. The molecule has 0 spiro atoms. The fraction of sp³-hybridized carbons (Fsp3) is 0.200. The molecule has 0 unspecified atom stereocenters. The number of nitrogens with one attached hydrogen (secondary N) is 1. The Bertz CT molecular complexity index is 973. The van der Waals surface area contributed by atoms with Crippen molar-refractivity contribution in [3.63, 3.8) is 0 Å². The van der Waals surface area contributed by atoms with E-state index in [9.17, 15) is 21.2 Å². The Balaban J connectivity index is 2.46. The first-order chi connectivity index (χ1) is 11.0. The van der Waals surface area contributed by atoms with E-state index in [0.29, 0.717) is 0 Å². The molecule has 0 fully saturated rings. The summed E-state index contributed by atoms with van der Waals surface area (Å²) in [6, 6.07) is 9.52. The van der Waals surface area contributed by atoms with Gasteiger partial charge in [0.2, 0.25) is 10.0 Å². The molecule has 0 aliphatic carbocycles. The van der Waals surface area contributed by atoms with Gasteiger partial charge in [0.25, 0.3) is 10.0 Å². The predicted octanol–water partition coefficient (Wildman–Crippen LogP) is 2.33. The standard InChI is InChI=1S/C15H17FN2O4S2/c1-11-10-12(8-9-13(11)16)24(21,22)17-14-6-4-5-7-15(14)18(2)23(3,19)20/h4-10,17H,1-3H3. The molecule has 0 amide bonds. The van der Waals surface area contributed by atoms with Gasteiger partial charge in [-0.05, 0) is 42.8 Å². The van der Waals surface area contributed by atoms with Crippen molar-refractivity contribution in [1.82, 2.24) is 0 Å². The van der Waals surface area contributed by atoms with Gasteiger partial charge < -0.3 is 0 Å². The van der Waals surface area contributed by atoms with Gasteiger partial charge in [0, 0.05) is 7.05 Å². The van der Waals surface area contributed by atoms with Gasteiger partial charge in [0.1, 0.15) is 5.82 Å². The van der Waals surface area contributed by atoms with Crippen LogP contribution < -0.4 is 9.03 Å². The van der Waals surface area contributed by atoms with Gasteiger partial charge in [-0.3, -0.25) is 9.03 Å². The second-order valence-electron chi connectivity index (χ2n) is 5.26. The number of sulfonamides is 2. The summed E-state index contributed by atoms with van der Waals surface area (Å²) >= 11 is 0. The van der Waals surface area contributed by atoms with Crippen molar-refractivity contribution in [3.8, 4) is 0 Å². The maximum absolute atomic E-state index is 13.3. The van der Waals surface area contributed by atoms with E-state index in [1.165, 1.54) is 32.2 Å². The first-order valence-electron chi connectivity index (χ1n) is 6.84. The van der Waals surface area contributed by atoms with E-state index in [2.05, 4.69) is 4.72 Å². The van der Waals surface area contributed by atoms with Crippen molar-refractivity contribution >= 4 is 31.4 Å². The normalized spacial score (nSPS) is 12.0. The number of nitrogens with zero attached hydrogens (tertiary/aromatic N) is 1. The molecule has 2 rings (SSSR count). The summed E-state index contributed by atoms with van der Waals surface area (Å²) in [4.78, 5) is -0.113. The number of halogens is 1. The molecule has 0 aliphatic rings. The fourth-order valence-corrected chi connectivity index (χ4v) is 3.68. The third-order valence-electron chi connectivity index (χ3n) is 3.42. The van der Waals surface area contributed by atoms with Crippen molar-refractivity contribution < 1.29 is 21.2 Å². The van der Waals surface area contributed by atoms with Crippen molar-refractivity contribution in [3.05, 3.63) is 53.8 Å². The number of rotatable bonds is 5. The third-order valence-corrected chi connectivity index (χ3v) is 5.98. The molecule has 9 heteroatoms. The van der Waals surface area contributed by atoms with Gasteiger partial charge >= 0.3 is 0 Å². The van der Waals surface area contributed by atoms with Crippen LogP contribution in [0.15, 0.2) is 47.4 Å². The lowest BCUT2D eigenvalue weighted by atomic mass is 10.2. The molecule has 24 heavy (non-hydrogen) atoms. The zero-order valence-electron chi connectivity index (χ0n) is 13.3. The second-order valence-corrected chi connectivity index (χ2v) is 8.96. The molecule has 1 N–H and O–H groups in total. The van der Waals surface area contributed by atoms with Gasteiger partial charge in [-0.1, -0.05) is 12.1 Å². The van der Waals surface area contributed by atoms with Crippen LogP contribution in [0.5, 0.6) is 0 Å². The van der Waals surface area contributed by atoms with Crippen LogP contribution in [0.2, 0.25) is 0 Å². The van der Waals surface area contributed by atoms with Gasteiger partial charge in [-0.2, -0.15) is 0 Å². The summed E-state index contributed by atoms with van der Waals surface area (Å²) in [7, 11) is -6.23. The number of anilines is 2. The minimum atomic E-state index is -3.99. The predicted molar refractivity (Wildman–Crippen MR) is 91.6 cm³/mol. The third kappa shape index (κ3) is 3.85. The molecule has 0 heterocycles. The van der Waals surface area contributed by atoms with Crippen LogP contribution >= 0.6 is 0 Å². The fourth-order valence-electron chi connectivity index (χ4n) is 2.00. The summed E-state index contributed by atoms with van der Waals surface area (Å²) < 4.78 is 65.0. The Hall–Kier alpha value is -2.13. The number of para-hydroxylation sites is 2. The SMILES string of the molecule is Cc1cc(S(=O)(=O)Nc2ccccc2N(C)S(C)(=O)=O)ccc1F. The monoisotopic (exact) mass is 372 g/mol. The Morgan fingerprint density at radius 2 is 1.67 bits per heavy atom. The summed E-state index contributed by atoms with van der Waals surface area (Å²) in [6.07, 6.45) is 1.02. The Morgan fingerprint density at radius 3 is 2.25 bits per heavy atom. The van der Waals surface area contributed by atoms with Crippen LogP contribution in [0.1, 0.15) is 5.56 Å². The zero-order chi connectivity index (χ0) is 18.1. The van der Waals surface area contributed by atoms with Crippen molar-refractivity contribution in [2.45, 2.75) is 11.8 Å². The smallest absolute Gasteiger partial charge is 0.261 e. The van der Waals surface area contributed by atoms with Crippen molar-refractivity contribution in [1.29, 1.82) is 0 Å². The molecule has 0 saturated heterocycles. The van der Waals surface area contributed by atoms with Crippen LogP contribution in [0, 0.1) is 12.7 Å². The molecule has 0 aromatic heterocycles. The second kappa shape index (κ2) is 6.40. The Kier molecular flexibility index (Phi) is 4.86. The zero-order valence-corrected chi connectivity index (χ0v) is 14.9. The molecule has 0 aliphatic heterocycles. The first-order valence-corrected chi connectivity index (χ1v) is 10.2. The van der Waals surface area contributed by atoms with E-state index in [1.807, 2.05) is 0 Å². The molecular weight excluding hydrogens is 355 g/mol. The highest BCUT2D eigenvalue weighted by atomic mass is 32.2. The number of benzene rings is 2. The minimum Gasteiger partial charge on any atom is -0.277 e. The number of aryl methyl sites for hydroxylation is 1. The topological polar surface area (TPSA) is 83.6 Å². The molecule has 2 aromatic rings. The lowest BCUT2D eigenvalue weighted by molar-refractivity contribution is 0.596. The summed E-state index contributed by atoms with van der Waals surface area (Å²) in [6.45, 7) is 1.46. The van der Waals surface area contributed by atoms with E-state index < -0.39 is 25.9 Å². The van der Waals surface area contributed by atoms with Gasteiger partial charge in [-0.25, -0.2) is 21.2 Å². The molecular formula is C15H17FN2O4S2. The quantitative estimate of drug-likeness (QED) is 0.873. The molecule has 0 radical (unpaired) electrons. The van der Waals surface area contributed by atoms with Crippen molar-refractivity contribution in [2.24, 2.45) is 0 Å². The number of hydrogen-bond donors (Lipinski definition) is 1. The minimum absolute atomic E-state index is 0.104. The summed E-state index contributed by atoms with van der Waals surface area (Å²) in [5, 5.41) is 0. The molecule has 6 nitrogen and oxygen atoms in total. The summed E-state index contributed by atoms with van der Waals surface area (Å²) in [5.74, 6) is -0.508. The van der Waals surface area contributed by atoms with Crippen LogP contribution in [-0.2, 0) is 20.0 Å². The average Bonchev–Trinajstić information content (AvgIpc) is 2.48. The van der Waals surface area contributed by atoms with E-state index in [-0.39, 0.29) is 21.8 Å². The Labute approximate surface area is 141 Å². The highest BCUT2D eigenvalue weighted by molar-refractivity contribution is 7.93. The van der Waals surface area contributed by atoms with Gasteiger partial charge in [-0.15, -0.1) is 0 Å². The van der Waals surface area contributed by atoms with Crippen LogP contribution in [0.25, 0.3) is 0 Å². The molecule has 0 bridgehead atoms. The van der Waals surface area contributed by atoms with Gasteiger partial charge in [0.05, 0.1) is 22.5 Å². The largest absolute Gasteiger partial charge is 0.277 e. The van der Waals surface area contributed by atoms with E-state index in [1.54, 1.807) is 12.1 Å². The molecule has 130 valence electrons. The maximum atomic E-state index is 13.3. The number of hydrogen-bond acceptors (Lipinski definition) is 4. The molecule has 0 atom stereocenters. The maximum Gasteiger partial charge on any atom is 0.261 e. The van der Waals surface area contributed by atoms with Gasteiger partial charge in [0.15, 0.2) is 0 Å².